The highest BCUT2D eigenvalue weighted by molar-refractivity contribution is 5.88. The van der Waals surface area contributed by atoms with Gasteiger partial charge in [-0.05, 0) is 35.0 Å². The van der Waals surface area contributed by atoms with Gasteiger partial charge < -0.3 is 10.2 Å². The molecule has 0 aliphatic rings. The van der Waals surface area contributed by atoms with Gasteiger partial charge >= 0.3 is 0 Å². The second-order valence-electron chi connectivity index (χ2n) is 3.89. The van der Waals surface area contributed by atoms with Crippen molar-refractivity contribution in [3.05, 3.63) is 36.4 Å². The van der Waals surface area contributed by atoms with Crippen molar-refractivity contribution >= 4 is 22.1 Å². The fourth-order valence-electron chi connectivity index (χ4n) is 1.67. The van der Waals surface area contributed by atoms with Crippen LogP contribution in [-0.2, 0) is 0 Å². The summed E-state index contributed by atoms with van der Waals surface area (Å²) in [5, 5.41) is 5.69. The molecule has 15 heavy (non-hydrogen) atoms. The molecule has 0 saturated carbocycles. The second-order valence-corrected chi connectivity index (χ2v) is 3.89. The number of nitrogens with one attached hydrogen (secondary N) is 1. The van der Waals surface area contributed by atoms with E-state index in [1.807, 2.05) is 7.05 Å². The summed E-state index contributed by atoms with van der Waals surface area (Å²) in [6, 6.07) is 12.9. The number of hydrogen-bond donors (Lipinski definition) is 1. The maximum Gasteiger partial charge on any atom is 0.0367 e. The largest absolute Gasteiger partial charge is 0.388 e. The lowest BCUT2D eigenvalue weighted by molar-refractivity contribution is 1.14. The maximum atomic E-state index is 3.15. The van der Waals surface area contributed by atoms with Crippen LogP contribution in [0, 0.1) is 0 Å². The molecule has 0 radical (unpaired) electrons. The lowest BCUT2D eigenvalue weighted by atomic mass is 10.1. The summed E-state index contributed by atoms with van der Waals surface area (Å²) in [6.07, 6.45) is 0. The summed E-state index contributed by atoms with van der Waals surface area (Å²) in [5.41, 5.74) is 2.39. The Morgan fingerprint density at radius 1 is 0.933 bits per heavy atom. The van der Waals surface area contributed by atoms with Crippen molar-refractivity contribution in [3.63, 3.8) is 0 Å². The third-order valence-corrected chi connectivity index (χ3v) is 2.63. The van der Waals surface area contributed by atoms with E-state index in [1.165, 1.54) is 16.5 Å². The number of nitrogens with zero attached hydrogens (tertiary/aromatic N) is 1. The summed E-state index contributed by atoms with van der Waals surface area (Å²) in [7, 11) is 6.06. The van der Waals surface area contributed by atoms with Crippen LogP contribution in [0.25, 0.3) is 10.8 Å². The topological polar surface area (TPSA) is 15.3 Å². The number of hydrogen-bond acceptors (Lipinski definition) is 2. The molecule has 78 valence electrons. The van der Waals surface area contributed by atoms with E-state index in [0.29, 0.717) is 0 Å². The van der Waals surface area contributed by atoms with Gasteiger partial charge in [0, 0.05) is 32.5 Å². The Kier molecular flexibility index (Phi) is 2.50. The third kappa shape index (κ3) is 1.89. The number of benzene rings is 2. The van der Waals surface area contributed by atoms with Crippen LogP contribution in [0.1, 0.15) is 0 Å². The van der Waals surface area contributed by atoms with Gasteiger partial charge in [0.1, 0.15) is 0 Å². The maximum absolute atomic E-state index is 3.15. The highest BCUT2D eigenvalue weighted by Gasteiger charge is 1.98. The smallest absolute Gasteiger partial charge is 0.0367 e. The lowest BCUT2D eigenvalue weighted by Crippen LogP contribution is -2.07. The van der Waals surface area contributed by atoms with Crippen molar-refractivity contribution in [2.24, 2.45) is 0 Å². The molecule has 0 bridgehead atoms. The second kappa shape index (κ2) is 3.81. The molecule has 2 heteroatoms. The Labute approximate surface area is 90.5 Å². The first-order valence-corrected chi connectivity index (χ1v) is 5.09. The van der Waals surface area contributed by atoms with Gasteiger partial charge in [-0.1, -0.05) is 12.1 Å². The number of anilines is 2. The molecule has 2 rings (SSSR count). The van der Waals surface area contributed by atoms with Crippen LogP contribution < -0.4 is 10.2 Å². The van der Waals surface area contributed by atoms with Crippen LogP contribution in [0.2, 0.25) is 0 Å². The van der Waals surface area contributed by atoms with Gasteiger partial charge in [-0.15, -0.1) is 0 Å². The van der Waals surface area contributed by atoms with Crippen molar-refractivity contribution in [2.45, 2.75) is 0 Å². The molecule has 2 nitrogen and oxygen atoms in total. The summed E-state index contributed by atoms with van der Waals surface area (Å²) in [4.78, 5) is 2.12. The Morgan fingerprint density at radius 2 is 1.60 bits per heavy atom. The van der Waals surface area contributed by atoms with E-state index in [0.717, 1.165) is 5.69 Å². The van der Waals surface area contributed by atoms with Crippen LogP contribution in [0.5, 0.6) is 0 Å². The molecule has 0 aromatic heterocycles. The van der Waals surface area contributed by atoms with E-state index in [9.17, 15) is 0 Å². The summed E-state index contributed by atoms with van der Waals surface area (Å²) >= 11 is 0. The normalized spacial score (nSPS) is 10.3. The zero-order valence-electron chi connectivity index (χ0n) is 9.41. The van der Waals surface area contributed by atoms with Crippen LogP contribution in [-0.4, -0.2) is 21.1 Å². The Morgan fingerprint density at radius 3 is 2.27 bits per heavy atom. The van der Waals surface area contributed by atoms with Gasteiger partial charge in [0.15, 0.2) is 0 Å². The zero-order valence-corrected chi connectivity index (χ0v) is 9.41. The van der Waals surface area contributed by atoms with Gasteiger partial charge in [-0.2, -0.15) is 0 Å². The van der Waals surface area contributed by atoms with E-state index in [-0.39, 0.29) is 0 Å². The molecule has 0 fully saturated rings. The van der Waals surface area contributed by atoms with Gasteiger partial charge in [0.2, 0.25) is 0 Å². The highest BCUT2D eigenvalue weighted by atomic mass is 15.1. The van der Waals surface area contributed by atoms with Crippen LogP contribution in [0.15, 0.2) is 36.4 Å². The zero-order chi connectivity index (χ0) is 10.8. The van der Waals surface area contributed by atoms with Gasteiger partial charge in [0.25, 0.3) is 0 Å². The van der Waals surface area contributed by atoms with E-state index in [4.69, 9.17) is 0 Å². The molecule has 2 aromatic carbocycles. The standard InChI is InChI=1S/C13H16N2/c1-14-12-6-4-11-9-13(15(2)3)7-5-10(11)8-12/h4-9,14H,1-3H3. The van der Waals surface area contributed by atoms with Crippen molar-refractivity contribution in [2.75, 3.05) is 31.4 Å². The first-order chi connectivity index (χ1) is 7.20. The molecule has 0 aliphatic heterocycles. The average Bonchev–Trinajstić information content (AvgIpc) is 2.27. The molecule has 1 N–H and O–H groups in total. The molecule has 0 unspecified atom stereocenters. The number of rotatable bonds is 2. The predicted molar refractivity (Wildman–Crippen MR) is 67.8 cm³/mol. The van der Waals surface area contributed by atoms with Crippen LogP contribution in [0.4, 0.5) is 11.4 Å². The minimum atomic E-state index is 1.15. The first-order valence-electron chi connectivity index (χ1n) is 5.09. The SMILES string of the molecule is CNc1ccc2cc(N(C)C)ccc2c1. The molecule has 0 atom stereocenters. The fraction of sp³-hybridized carbons (Fsp3) is 0.231. The highest BCUT2D eigenvalue weighted by Crippen LogP contribution is 2.23. The molecule has 0 amide bonds. The molecule has 0 spiro atoms. The molecule has 0 saturated heterocycles. The van der Waals surface area contributed by atoms with Crippen LogP contribution in [0.3, 0.4) is 0 Å². The summed E-state index contributed by atoms with van der Waals surface area (Å²) < 4.78 is 0. The van der Waals surface area contributed by atoms with Crippen LogP contribution >= 0.6 is 0 Å². The fourth-order valence-corrected chi connectivity index (χ4v) is 1.67. The van der Waals surface area contributed by atoms with E-state index < -0.39 is 0 Å². The Hall–Kier alpha value is -1.70. The third-order valence-electron chi connectivity index (χ3n) is 2.63. The summed E-state index contributed by atoms with van der Waals surface area (Å²) in [5.74, 6) is 0. The van der Waals surface area contributed by atoms with E-state index in [1.54, 1.807) is 0 Å². The molecule has 0 aliphatic carbocycles. The van der Waals surface area contributed by atoms with E-state index in [2.05, 4.69) is 60.7 Å². The number of fused-ring (bicyclic) bond motifs is 1. The molecule has 2 aromatic rings. The Bertz CT molecular complexity index is 475. The molecular formula is C13H16N2. The minimum Gasteiger partial charge on any atom is -0.388 e. The molecule has 0 heterocycles. The van der Waals surface area contributed by atoms with E-state index >= 15 is 0 Å². The monoisotopic (exact) mass is 200 g/mol. The average molecular weight is 200 g/mol. The summed E-state index contributed by atoms with van der Waals surface area (Å²) in [6.45, 7) is 0. The van der Waals surface area contributed by atoms with Crippen molar-refractivity contribution in [1.29, 1.82) is 0 Å². The predicted octanol–water partition coefficient (Wildman–Crippen LogP) is 2.95. The minimum absolute atomic E-state index is 1.15. The van der Waals surface area contributed by atoms with Crippen molar-refractivity contribution < 1.29 is 0 Å². The van der Waals surface area contributed by atoms with Crippen molar-refractivity contribution in [1.82, 2.24) is 0 Å². The Balaban J connectivity index is 2.55. The molecular weight excluding hydrogens is 184 g/mol. The first kappa shape index (κ1) is 9.84. The quantitative estimate of drug-likeness (QED) is 0.801. The van der Waals surface area contributed by atoms with Gasteiger partial charge in [0.05, 0.1) is 0 Å². The van der Waals surface area contributed by atoms with Crippen molar-refractivity contribution in [3.8, 4) is 0 Å². The van der Waals surface area contributed by atoms with Gasteiger partial charge in [-0.25, -0.2) is 0 Å². The van der Waals surface area contributed by atoms with Gasteiger partial charge in [-0.3, -0.25) is 0 Å². The lowest BCUT2D eigenvalue weighted by Gasteiger charge is -2.13.